The largest absolute Gasteiger partial charge is 0.396 e. The van der Waals surface area contributed by atoms with Gasteiger partial charge in [-0.05, 0) is 56.6 Å². The van der Waals surface area contributed by atoms with Crippen molar-refractivity contribution in [2.45, 2.75) is 63.3 Å². The summed E-state index contributed by atoms with van der Waals surface area (Å²) in [5, 5.41) is 12.4. The van der Waals surface area contributed by atoms with Crippen LogP contribution in [0.3, 0.4) is 0 Å². The van der Waals surface area contributed by atoms with Crippen molar-refractivity contribution in [3.8, 4) is 0 Å². The van der Waals surface area contributed by atoms with Crippen LogP contribution in [0.2, 0.25) is 0 Å². The van der Waals surface area contributed by atoms with Gasteiger partial charge < -0.3 is 10.4 Å². The quantitative estimate of drug-likeness (QED) is 0.878. The molecule has 1 spiro atoms. The molecule has 3 heteroatoms. The highest BCUT2D eigenvalue weighted by molar-refractivity contribution is 5.85. The molecule has 0 heterocycles. The molecule has 1 aromatic carbocycles. The monoisotopic (exact) mass is 301 g/mol. The third kappa shape index (κ3) is 2.56. The van der Waals surface area contributed by atoms with Crippen LogP contribution < -0.4 is 5.32 Å². The Balaban J connectivity index is 1.76. The maximum absolute atomic E-state index is 12.7. The molecule has 3 unspecified atom stereocenters. The molecule has 2 aliphatic carbocycles. The number of carbonyl (C=O) groups is 1. The predicted molar refractivity (Wildman–Crippen MR) is 87.7 cm³/mol. The van der Waals surface area contributed by atoms with Crippen molar-refractivity contribution in [3.63, 3.8) is 0 Å². The lowest BCUT2D eigenvalue weighted by atomic mass is 9.78. The first-order valence-electron chi connectivity index (χ1n) is 8.56. The summed E-state index contributed by atoms with van der Waals surface area (Å²) in [5.74, 6) is 0.285. The minimum atomic E-state index is -0.288. The van der Waals surface area contributed by atoms with Crippen molar-refractivity contribution in [2.24, 2.45) is 5.92 Å². The number of hydrogen-bond acceptors (Lipinski definition) is 2. The maximum atomic E-state index is 12.7. The van der Waals surface area contributed by atoms with E-state index in [4.69, 9.17) is 0 Å². The summed E-state index contributed by atoms with van der Waals surface area (Å²) in [6.45, 7) is 4.21. The normalized spacial score (nSPS) is 28.8. The van der Waals surface area contributed by atoms with Gasteiger partial charge in [-0.1, -0.05) is 31.2 Å². The van der Waals surface area contributed by atoms with Gasteiger partial charge in [0, 0.05) is 23.5 Å². The number of carbonyl (C=O) groups excluding carboxylic acids is 1. The second-order valence-corrected chi connectivity index (χ2v) is 7.30. The maximum Gasteiger partial charge on any atom is 0.224 e. The lowest BCUT2D eigenvalue weighted by Crippen LogP contribution is -2.47. The van der Waals surface area contributed by atoms with E-state index >= 15 is 0 Å². The van der Waals surface area contributed by atoms with Gasteiger partial charge >= 0.3 is 0 Å². The number of aliphatic hydroxyl groups excluding tert-OH is 1. The molecule has 0 saturated heterocycles. The van der Waals surface area contributed by atoms with Crippen LogP contribution in [0.4, 0.5) is 0 Å². The van der Waals surface area contributed by atoms with Crippen molar-refractivity contribution in [1.82, 2.24) is 5.32 Å². The van der Waals surface area contributed by atoms with Crippen LogP contribution in [0.1, 0.15) is 57.1 Å². The molecule has 1 saturated carbocycles. The van der Waals surface area contributed by atoms with Crippen LogP contribution in [0.5, 0.6) is 0 Å². The topological polar surface area (TPSA) is 49.3 Å². The van der Waals surface area contributed by atoms with Gasteiger partial charge in [0.1, 0.15) is 0 Å². The lowest BCUT2D eigenvalue weighted by molar-refractivity contribution is -0.124. The molecule has 1 amide bonds. The summed E-state index contributed by atoms with van der Waals surface area (Å²) in [6, 6.07) is 8.63. The highest BCUT2D eigenvalue weighted by atomic mass is 16.3. The third-order valence-electron chi connectivity index (χ3n) is 5.88. The lowest BCUT2D eigenvalue weighted by Gasteiger charge is -2.31. The zero-order valence-electron chi connectivity index (χ0n) is 13.7. The zero-order valence-corrected chi connectivity index (χ0v) is 13.7. The Bertz CT molecular complexity index is 570. The second kappa shape index (κ2) is 5.69. The second-order valence-electron chi connectivity index (χ2n) is 7.30. The van der Waals surface area contributed by atoms with Crippen molar-refractivity contribution in [1.29, 1.82) is 0 Å². The molecule has 0 aromatic heterocycles. The van der Waals surface area contributed by atoms with E-state index in [-0.39, 0.29) is 29.4 Å². The summed E-state index contributed by atoms with van der Waals surface area (Å²) >= 11 is 0. The van der Waals surface area contributed by atoms with Crippen LogP contribution in [0.25, 0.3) is 0 Å². The highest BCUT2D eigenvalue weighted by Gasteiger charge is 2.60. The average Bonchev–Trinajstić information content (AvgIpc) is 3.23. The summed E-state index contributed by atoms with van der Waals surface area (Å²) in [7, 11) is 0. The zero-order chi connectivity index (χ0) is 15.8. The SMILES string of the molecule is CCC(C)(CCO)NC(=O)C1CC12CCCc1ccccc12. The number of aryl methyl sites for hydroxylation is 1. The van der Waals surface area contributed by atoms with E-state index in [1.165, 1.54) is 17.5 Å². The number of hydrogen-bond donors (Lipinski definition) is 2. The molecule has 3 nitrogen and oxygen atoms in total. The Morgan fingerprint density at radius 1 is 1.45 bits per heavy atom. The molecule has 2 aliphatic rings. The molecule has 120 valence electrons. The summed E-state index contributed by atoms with van der Waals surface area (Å²) in [6.07, 6.45) is 5.90. The Morgan fingerprint density at radius 2 is 2.23 bits per heavy atom. The van der Waals surface area contributed by atoms with Gasteiger partial charge in [-0.25, -0.2) is 0 Å². The number of aliphatic hydroxyl groups is 1. The number of rotatable bonds is 5. The van der Waals surface area contributed by atoms with E-state index in [0.29, 0.717) is 6.42 Å². The molecular formula is C19H27NO2. The van der Waals surface area contributed by atoms with Crippen LogP contribution in [-0.2, 0) is 16.6 Å². The number of fused-ring (bicyclic) bond motifs is 2. The van der Waals surface area contributed by atoms with Crippen molar-refractivity contribution >= 4 is 5.91 Å². The Hall–Kier alpha value is -1.35. The molecular weight excluding hydrogens is 274 g/mol. The summed E-state index contributed by atoms with van der Waals surface area (Å²) in [5.41, 5.74) is 2.63. The minimum Gasteiger partial charge on any atom is -0.396 e. The summed E-state index contributed by atoms with van der Waals surface area (Å²) in [4.78, 5) is 12.7. The fraction of sp³-hybridized carbons (Fsp3) is 0.632. The molecule has 22 heavy (non-hydrogen) atoms. The molecule has 1 aromatic rings. The van der Waals surface area contributed by atoms with Gasteiger partial charge in [-0.15, -0.1) is 0 Å². The predicted octanol–water partition coefficient (Wildman–Crippen LogP) is 2.95. The highest BCUT2D eigenvalue weighted by Crippen LogP contribution is 2.60. The van der Waals surface area contributed by atoms with Crippen molar-refractivity contribution in [3.05, 3.63) is 35.4 Å². The standard InChI is InChI=1S/C19H27NO2/c1-3-18(2,11-12-21)20-17(22)16-13-19(16)10-6-8-14-7-4-5-9-15(14)19/h4-5,7,9,16,21H,3,6,8,10-13H2,1-2H3,(H,20,22). The first-order chi connectivity index (χ1) is 10.5. The van der Waals surface area contributed by atoms with E-state index in [1.54, 1.807) is 0 Å². The van der Waals surface area contributed by atoms with Crippen LogP contribution in [0.15, 0.2) is 24.3 Å². The molecule has 3 rings (SSSR count). The van der Waals surface area contributed by atoms with E-state index < -0.39 is 0 Å². The molecule has 0 aliphatic heterocycles. The van der Waals surface area contributed by atoms with Crippen LogP contribution in [0, 0.1) is 5.92 Å². The van der Waals surface area contributed by atoms with Gasteiger partial charge in [-0.3, -0.25) is 4.79 Å². The molecule has 1 fully saturated rings. The van der Waals surface area contributed by atoms with Crippen LogP contribution >= 0.6 is 0 Å². The summed E-state index contributed by atoms with van der Waals surface area (Å²) < 4.78 is 0. The number of benzene rings is 1. The Kier molecular flexibility index (Phi) is 4.02. The van der Waals surface area contributed by atoms with Crippen molar-refractivity contribution in [2.75, 3.05) is 6.61 Å². The number of nitrogens with one attached hydrogen (secondary N) is 1. The fourth-order valence-corrected chi connectivity index (χ4v) is 4.13. The van der Waals surface area contributed by atoms with E-state index in [0.717, 1.165) is 25.7 Å². The molecule has 2 N–H and O–H groups in total. The van der Waals surface area contributed by atoms with Crippen molar-refractivity contribution < 1.29 is 9.90 Å². The van der Waals surface area contributed by atoms with Gasteiger partial charge in [0.25, 0.3) is 0 Å². The first kappa shape index (κ1) is 15.5. The van der Waals surface area contributed by atoms with Gasteiger partial charge in [0.15, 0.2) is 0 Å². The third-order valence-corrected chi connectivity index (χ3v) is 5.88. The molecule has 0 bridgehead atoms. The van der Waals surface area contributed by atoms with E-state index in [1.807, 2.05) is 6.92 Å². The van der Waals surface area contributed by atoms with Gasteiger partial charge in [0.05, 0.1) is 0 Å². The number of amides is 1. The van der Waals surface area contributed by atoms with Gasteiger partial charge in [-0.2, -0.15) is 0 Å². The smallest absolute Gasteiger partial charge is 0.224 e. The molecule has 0 radical (unpaired) electrons. The molecule has 3 atom stereocenters. The minimum absolute atomic E-state index is 0.0901. The van der Waals surface area contributed by atoms with Crippen LogP contribution in [-0.4, -0.2) is 23.2 Å². The Labute approximate surface area is 133 Å². The van der Waals surface area contributed by atoms with Gasteiger partial charge in [0.2, 0.25) is 5.91 Å². The fourth-order valence-electron chi connectivity index (χ4n) is 4.13. The van der Waals surface area contributed by atoms with E-state index in [9.17, 15) is 9.90 Å². The average molecular weight is 301 g/mol. The first-order valence-corrected chi connectivity index (χ1v) is 8.56. The Morgan fingerprint density at radius 3 is 2.95 bits per heavy atom. The van der Waals surface area contributed by atoms with E-state index in [2.05, 4.69) is 36.5 Å².